The molecule has 0 aromatic rings. The third kappa shape index (κ3) is 6.19. The molecule has 16 heavy (non-hydrogen) atoms. The summed E-state index contributed by atoms with van der Waals surface area (Å²) in [6, 6.07) is -0.840. The van der Waals surface area contributed by atoms with Crippen molar-refractivity contribution in [1.82, 2.24) is 5.32 Å². The fraction of sp³-hybridized carbons (Fsp3) is 0.875. The monoisotopic (exact) mass is 260 g/mol. The van der Waals surface area contributed by atoms with Crippen LogP contribution in [0.25, 0.3) is 0 Å². The van der Waals surface area contributed by atoms with E-state index in [1.165, 1.54) is 11.8 Å². The number of amides is 1. The van der Waals surface area contributed by atoms with Crippen molar-refractivity contribution in [3.8, 4) is 0 Å². The standard InChI is InChI=1S/C8H15F3N2O2S/c1-16-3-2-5(12)7(15)13-4-6(14)8(9,10)11/h5-6,14H,2-4,12H2,1H3,(H,13,15)/t5-,6?/m1/s1. The Bertz CT molecular complexity index is 226. The normalized spacial score (nSPS) is 15.6. The molecule has 0 aromatic carbocycles. The highest BCUT2D eigenvalue weighted by atomic mass is 32.2. The van der Waals surface area contributed by atoms with E-state index in [1.54, 1.807) is 0 Å². The molecule has 0 saturated heterocycles. The lowest BCUT2D eigenvalue weighted by molar-refractivity contribution is -0.201. The third-order valence-electron chi connectivity index (χ3n) is 1.82. The molecule has 0 aliphatic rings. The molecule has 1 amide bonds. The van der Waals surface area contributed by atoms with Crippen LogP contribution in [0.15, 0.2) is 0 Å². The molecule has 0 heterocycles. The van der Waals surface area contributed by atoms with Crippen LogP contribution in [-0.4, -0.2) is 47.9 Å². The number of aliphatic hydroxyl groups is 1. The second-order valence-electron chi connectivity index (χ2n) is 3.19. The molecule has 0 fully saturated rings. The van der Waals surface area contributed by atoms with Gasteiger partial charge in [-0.25, -0.2) is 0 Å². The number of aliphatic hydroxyl groups excluding tert-OH is 1. The van der Waals surface area contributed by atoms with E-state index in [4.69, 9.17) is 10.8 Å². The Hall–Kier alpha value is -0.470. The zero-order chi connectivity index (χ0) is 12.8. The molecule has 4 N–H and O–H groups in total. The van der Waals surface area contributed by atoms with Crippen LogP contribution in [0.4, 0.5) is 13.2 Å². The van der Waals surface area contributed by atoms with E-state index < -0.39 is 30.8 Å². The maximum Gasteiger partial charge on any atom is 0.416 e. The average Bonchev–Trinajstić information content (AvgIpc) is 2.20. The van der Waals surface area contributed by atoms with Gasteiger partial charge >= 0.3 is 6.18 Å². The van der Waals surface area contributed by atoms with E-state index in [-0.39, 0.29) is 0 Å². The van der Waals surface area contributed by atoms with Crippen LogP contribution in [0.3, 0.4) is 0 Å². The number of hydrogen-bond acceptors (Lipinski definition) is 4. The fourth-order valence-electron chi connectivity index (χ4n) is 0.820. The summed E-state index contributed by atoms with van der Waals surface area (Å²) in [5.41, 5.74) is 5.41. The van der Waals surface area contributed by atoms with E-state index in [1.807, 2.05) is 11.6 Å². The van der Waals surface area contributed by atoms with Gasteiger partial charge in [0.25, 0.3) is 0 Å². The van der Waals surface area contributed by atoms with Gasteiger partial charge in [-0.15, -0.1) is 0 Å². The van der Waals surface area contributed by atoms with Gasteiger partial charge in [0, 0.05) is 0 Å². The summed E-state index contributed by atoms with van der Waals surface area (Å²) >= 11 is 1.49. The zero-order valence-corrected chi connectivity index (χ0v) is 9.57. The van der Waals surface area contributed by atoms with E-state index >= 15 is 0 Å². The Morgan fingerprint density at radius 2 is 2.12 bits per heavy atom. The molecule has 2 atom stereocenters. The average molecular weight is 260 g/mol. The van der Waals surface area contributed by atoms with Crippen molar-refractivity contribution in [2.75, 3.05) is 18.6 Å². The van der Waals surface area contributed by atoms with Crippen molar-refractivity contribution >= 4 is 17.7 Å². The number of halogens is 3. The Labute approximate surface area is 95.8 Å². The van der Waals surface area contributed by atoms with Gasteiger partial charge < -0.3 is 16.2 Å². The van der Waals surface area contributed by atoms with Crippen molar-refractivity contribution in [2.24, 2.45) is 5.73 Å². The molecule has 1 unspecified atom stereocenters. The Kier molecular flexibility index (Phi) is 6.77. The van der Waals surface area contributed by atoms with Crippen molar-refractivity contribution in [1.29, 1.82) is 0 Å². The van der Waals surface area contributed by atoms with Gasteiger partial charge in [-0.05, 0) is 18.4 Å². The van der Waals surface area contributed by atoms with Gasteiger partial charge in [0.2, 0.25) is 5.91 Å². The van der Waals surface area contributed by atoms with Crippen molar-refractivity contribution in [3.63, 3.8) is 0 Å². The second kappa shape index (κ2) is 6.97. The lowest BCUT2D eigenvalue weighted by atomic mass is 10.2. The van der Waals surface area contributed by atoms with Crippen molar-refractivity contribution in [3.05, 3.63) is 0 Å². The zero-order valence-electron chi connectivity index (χ0n) is 8.75. The number of carbonyl (C=O) groups excluding carboxylic acids is 1. The summed E-state index contributed by atoms with van der Waals surface area (Å²) < 4.78 is 35.6. The first kappa shape index (κ1) is 15.5. The summed E-state index contributed by atoms with van der Waals surface area (Å²) in [7, 11) is 0. The van der Waals surface area contributed by atoms with Gasteiger partial charge in [0.05, 0.1) is 12.6 Å². The van der Waals surface area contributed by atoms with E-state index in [0.717, 1.165) is 0 Å². The number of nitrogens with two attached hydrogens (primary N) is 1. The first-order valence-electron chi connectivity index (χ1n) is 4.56. The van der Waals surface area contributed by atoms with Crippen LogP contribution in [0.1, 0.15) is 6.42 Å². The lowest BCUT2D eigenvalue weighted by Gasteiger charge is -2.17. The van der Waals surface area contributed by atoms with Crippen LogP contribution in [-0.2, 0) is 4.79 Å². The Morgan fingerprint density at radius 3 is 2.56 bits per heavy atom. The summed E-state index contributed by atoms with van der Waals surface area (Å²) in [5.74, 6) is -0.0338. The molecule has 0 spiro atoms. The highest BCUT2D eigenvalue weighted by Crippen LogP contribution is 2.19. The topological polar surface area (TPSA) is 75.4 Å². The molecule has 96 valence electrons. The maximum atomic E-state index is 11.9. The molecular formula is C8H15F3N2O2S. The minimum absolute atomic E-state index is 0.384. The molecule has 4 nitrogen and oxygen atoms in total. The van der Waals surface area contributed by atoms with E-state index in [2.05, 4.69) is 0 Å². The molecule has 0 rings (SSSR count). The Balaban J connectivity index is 3.89. The number of rotatable bonds is 6. The maximum absolute atomic E-state index is 11.9. The largest absolute Gasteiger partial charge is 0.416 e. The van der Waals surface area contributed by atoms with Crippen LogP contribution in [0, 0.1) is 0 Å². The first-order chi connectivity index (χ1) is 7.29. The summed E-state index contributed by atoms with van der Waals surface area (Å²) in [6.07, 6.45) is -5.06. The van der Waals surface area contributed by atoms with Gasteiger partial charge in [-0.1, -0.05) is 0 Å². The highest BCUT2D eigenvalue weighted by Gasteiger charge is 2.38. The number of carbonyl (C=O) groups is 1. The molecule has 0 aliphatic heterocycles. The van der Waals surface area contributed by atoms with Crippen LogP contribution >= 0.6 is 11.8 Å². The molecule has 0 saturated carbocycles. The molecular weight excluding hydrogens is 245 g/mol. The SMILES string of the molecule is CSCC[C@@H](N)C(=O)NCC(O)C(F)(F)F. The Morgan fingerprint density at radius 1 is 1.56 bits per heavy atom. The van der Waals surface area contributed by atoms with E-state index in [0.29, 0.717) is 12.2 Å². The molecule has 0 aromatic heterocycles. The smallest absolute Gasteiger partial charge is 0.382 e. The minimum atomic E-state index is -4.73. The molecule has 0 aliphatic carbocycles. The molecule has 0 bridgehead atoms. The first-order valence-corrected chi connectivity index (χ1v) is 5.95. The summed E-state index contributed by atoms with van der Waals surface area (Å²) in [6.45, 7) is -0.866. The molecule has 8 heteroatoms. The predicted octanol–water partition coefficient (Wildman–Crippen LogP) is 0.106. The van der Waals surface area contributed by atoms with Crippen molar-refractivity contribution < 1.29 is 23.1 Å². The lowest BCUT2D eigenvalue weighted by Crippen LogP contribution is -2.46. The minimum Gasteiger partial charge on any atom is -0.382 e. The third-order valence-corrected chi connectivity index (χ3v) is 2.46. The summed E-state index contributed by atoms with van der Waals surface area (Å²) in [4.78, 5) is 11.2. The van der Waals surface area contributed by atoms with Crippen LogP contribution in [0.5, 0.6) is 0 Å². The number of hydrogen-bond donors (Lipinski definition) is 3. The van der Waals surface area contributed by atoms with Gasteiger partial charge in [0.1, 0.15) is 0 Å². The van der Waals surface area contributed by atoms with Gasteiger partial charge in [0.15, 0.2) is 6.10 Å². The predicted molar refractivity (Wildman–Crippen MR) is 56.0 cm³/mol. The van der Waals surface area contributed by atoms with Gasteiger partial charge in [-0.2, -0.15) is 24.9 Å². The summed E-state index contributed by atoms with van der Waals surface area (Å²) in [5, 5.41) is 10.6. The molecule has 0 radical (unpaired) electrons. The van der Waals surface area contributed by atoms with Crippen LogP contribution < -0.4 is 11.1 Å². The number of nitrogens with one attached hydrogen (secondary N) is 1. The number of thioether (sulfide) groups is 1. The quantitative estimate of drug-likeness (QED) is 0.633. The second-order valence-corrected chi connectivity index (χ2v) is 4.18. The van der Waals surface area contributed by atoms with Gasteiger partial charge in [-0.3, -0.25) is 4.79 Å². The number of alkyl halides is 3. The van der Waals surface area contributed by atoms with E-state index in [9.17, 15) is 18.0 Å². The van der Waals surface area contributed by atoms with Crippen LogP contribution in [0.2, 0.25) is 0 Å². The highest BCUT2D eigenvalue weighted by molar-refractivity contribution is 7.98. The fourth-order valence-corrected chi connectivity index (χ4v) is 1.31. The van der Waals surface area contributed by atoms with Crippen molar-refractivity contribution in [2.45, 2.75) is 24.7 Å².